The molecule has 156 valence electrons. The highest BCUT2D eigenvalue weighted by Gasteiger charge is 2.17. The van der Waals surface area contributed by atoms with Crippen LogP contribution in [-0.4, -0.2) is 73.1 Å². The zero-order valence-corrected chi connectivity index (χ0v) is 18.8. The van der Waals surface area contributed by atoms with Crippen LogP contribution in [0.25, 0.3) is 0 Å². The minimum atomic E-state index is 0. The number of piperazine rings is 1. The molecule has 0 aliphatic carbocycles. The minimum Gasteiger partial charge on any atom is -0.354 e. The summed E-state index contributed by atoms with van der Waals surface area (Å²) in [4.78, 5) is 21.2. The highest BCUT2D eigenvalue weighted by atomic mass is 35.5. The SMILES string of the molecule is CN1CCN(c2ccc(CNC(=O)CC3CSCCN3)cn2)CC1.Cl.Cl.Cl. The van der Waals surface area contributed by atoms with Gasteiger partial charge in [0.25, 0.3) is 0 Å². The van der Waals surface area contributed by atoms with Crippen LogP contribution in [-0.2, 0) is 11.3 Å². The van der Waals surface area contributed by atoms with Crippen LogP contribution < -0.4 is 15.5 Å². The Labute approximate surface area is 184 Å². The topological polar surface area (TPSA) is 60.5 Å². The van der Waals surface area contributed by atoms with Crippen LogP contribution in [0.4, 0.5) is 5.82 Å². The molecular formula is C17H30Cl3N5OS. The van der Waals surface area contributed by atoms with Crippen molar-refractivity contribution in [3.05, 3.63) is 23.9 Å². The molecule has 2 fully saturated rings. The first-order chi connectivity index (χ1) is 11.7. The Morgan fingerprint density at radius 2 is 2.00 bits per heavy atom. The second kappa shape index (κ2) is 13.7. The number of nitrogens with zero attached hydrogens (tertiary/aromatic N) is 3. The Hall–Kier alpha value is -0.440. The predicted octanol–water partition coefficient (Wildman–Crippen LogP) is 1.81. The first-order valence-corrected chi connectivity index (χ1v) is 9.82. The predicted molar refractivity (Wildman–Crippen MR) is 121 cm³/mol. The van der Waals surface area contributed by atoms with Crippen molar-refractivity contribution in [2.45, 2.75) is 19.0 Å². The minimum absolute atomic E-state index is 0. The van der Waals surface area contributed by atoms with Crippen molar-refractivity contribution in [1.82, 2.24) is 20.5 Å². The number of hydrogen-bond acceptors (Lipinski definition) is 6. The van der Waals surface area contributed by atoms with E-state index in [-0.39, 0.29) is 43.1 Å². The van der Waals surface area contributed by atoms with Crippen LogP contribution in [0.2, 0.25) is 0 Å². The molecule has 1 aromatic heterocycles. The van der Waals surface area contributed by atoms with E-state index in [0.29, 0.717) is 19.0 Å². The van der Waals surface area contributed by atoms with Crippen molar-refractivity contribution in [2.75, 3.05) is 56.2 Å². The van der Waals surface area contributed by atoms with Gasteiger partial charge in [-0.2, -0.15) is 11.8 Å². The van der Waals surface area contributed by atoms with E-state index in [0.717, 1.165) is 55.6 Å². The summed E-state index contributed by atoms with van der Waals surface area (Å²) in [5.41, 5.74) is 1.05. The normalized spacial score (nSPS) is 19.9. The monoisotopic (exact) mass is 457 g/mol. The molecule has 2 aliphatic rings. The highest BCUT2D eigenvalue weighted by Crippen LogP contribution is 2.14. The lowest BCUT2D eigenvalue weighted by atomic mass is 10.2. The molecule has 2 N–H and O–H groups in total. The molecule has 1 unspecified atom stereocenters. The van der Waals surface area contributed by atoms with Gasteiger partial charge in [0.05, 0.1) is 0 Å². The van der Waals surface area contributed by atoms with E-state index in [1.807, 2.05) is 18.0 Å². The molecule has 1 atom stereocenters. The number of amides is 1. The van der Waals surface area contributed by atoms with Gasteiger partial charge in [0.1, 0.15) is 5.82 Å². The summed E-state index contributed by atoms with van der Waals surface area (Å²) in [6, 6.07) is 4.43. The van der Waals surface area contributed by atoms with Crippen molar-refractivity contribution in [2.24, 2.45) is 0 Å². The first kappa shape index (κ1) is 26.6. The third kappa shape index (κ3) is 8.62. The molecule has 27 heavy (non-hydrogen) atoms. The number of thioether (sulfide) groups is 1. The van der Waals surface area contributed by atoms with E-state index in [1.165, 1.54) is 0 Å². The van der Waals surface area contributed by atoms with Gasteiger partial charge in [-0.1, -0.05) is 6.07 Å². The molecule has 2 aliphatic heterocycles. The number of anilines is 1. The van der Waals surface area contributed by atoms with Gasteiger partial charge in [-0.15, -0.1) is 37.2 Å². The quantitative estimate of drug-likeness (QED) is 0.702. The third-order valence-corrected chi connectivity index (χ3v) is 5.69. The van der Waals surface area contributed by atoms with Crippen LogP contribution in [0.1, 0.15) is 12.0 Å². The first-order valence-electron chi connectivity index (χ1n) is 8.67. The van der Waals surface area contributed by atoms with Crippen molar-refractivity contribution < 1.29 is 4.79 Å². The molecule has 0 radical (unpaired) electrons. The van der Waals surface area contributed by atoms with E-state index in [9.17, 15) is 4.79 Å². The molecule has 6 nitrogen and oxygen atoms in total. The lowest BCUT2D eigenvalue weighted by Crippen LogP contribution is -2.44. The second-order valence-electron chi connectivity index (χ2n) is 6.52. The summed E-state index contributed by atoms with van der Waals surface area (Å²) in [6.07, 6.45) is 2.43. The fraction of sp³-hybridized carbons (Fsp3) is 0.647. The lowest BCUT2D eigenvalue weighted by molar-refractivity contribution is -0.121. The maximum Gasteiger partial charge on any atom is 0.221 e. The largest absolute Gasteiger partial charge is 0.354 e. The summed E-state index contributed by atoms with van der Waals surface area (Å²) in [7, 11) is 2.15. The van der Waals surface area contributed by atoms with Crippen molar-refractivity contribution in [3.63, 3.8) is 0 Å². The number of aromatic nitrogens is 1. The van der Waals surface area contributed by atoms with Gasteiger partial charge in [-0.05, 0) is 18.7 Å². The summed E-state index contributed by atoms with van der Waals surface area (Å²) >= 11 is 1.91. The van der Waals surface area contributed by atoms with E-state index in [2.05, 4.69) is 44.6 Å². The van der Waals surface area contributed by atoms with Crippen LogP contribution in [0.5, 0.6) is 0 Å². The number of likely N-dealkylation sites (N-methyl/N-ethyl adjacent to an activating group) is 1. The number of carbonyl (C=O) groups excluding carboxylic acids is 1. The van der Waals surface area contributed by atoms with Crippen LogP contribution in [0.3, 0.4) is 0 Å². The number of carbonyl (C=O) groups is 1. The number of hydrogen-bond donors (Lipinski definition) is 2. The number of halogens is 3. The molecule has 0 aromatic carbocycles. The second-order valence-corrected chi connectivity index (χ2v) is 7.67. The molecule has 1 amide bonds. The summed E-state index contributed by atoms with van der Waals surface area (Å²) in [5.74, 6) is 3.30. The molecule has 3 rings (SSSR count). The number of rotatable bonds is 5. The average molecular weight is 459 g/mol. The van der Waals surface area contributed by atoms with Crippen LogP contribution in [0, 0.1) is 0 Å². The van der Waals surface area contributed by atoms with Crippen molar-refractivity contribution in [1.29, 1.82) is 0 Å². The van der Waals surface area contributed by atoms with Crippen LogP contribution >= 0.6 is 49.0 Å². The molecule has 1 aromatic rings. The van der Waals surface area contributed by atoms with Gasteiger partial charge in [0, 0.05) is 69.4 Å². The number of nitrogens with one attached hydrogen (secondary N) is 2. The Bertz CT molecular complexity index is 538. The molecular weight excluding hydrogens is 429 g/mol. The maximum atomic E-state index is 12.0. The average Bonchev–Trinajstić information content (AvgIpc) is 2.62. The maximum absolute atomic E-state index is 12.0. The molecule has 0 bridgehead atoms. The molecule has 3 heterocycles. The zero-order chi connectivity index (χ0) is 16.8. The Morgan fingerprint density at radius 3 is 2.59 bits per heavy atom. The lowest BCUT2D eigenvalue weighted by Gasteiger charge is -2.33. The summed E-state index contributed by atoms with van der Waals surface area (Å²) in [6.45, 7) is 5.74. The van der Waals surface area contributed by atoms with E-state index in [4.69, 9.17) is 0 Å². The molecule has 0 spiro atoms. The van der Waals surface area contributed by atoms with Gasteiger partial charge in [-0.3, -0.25) is 4.79 Å². The Kier molecular flexibility index (Phi) is 13.5. The Balaban J connectivity index is 0.00000225. The van der Waals surface area contributed by atoms with Gasteiger partial charge >= 0.3 is 0 Å². The van der Waals surface area contributed by atoms with Gasteiger partial charge in [-0.25, -0.2) is 4.98 Å². The van der Waals surface area contributed by atoms with Crippen molar-refractivity contribution in [3.8, 4) is 0 Å². The van der Waals surface area contributed by atoms with Crippen LogP contribution in [0.15, 0.2) is 18.3 Å². The molecule has 0 saturated carbocycles. The highest BCUT2D eigenvalue weighted by molar-refractivity contribution is 7.99. The summed E-state index contributed by atoms with van der Waals surface area (Å²) < 4.78 is 0. The molecule has 10 heteroatoms. The van der Waals surface area contributed by atoms with Gasteiger partial charge in [0.2, 0.25) is 5.91 Å². The fourth-order valence-corrected chi connectivity index (χ4v) is 3.94. The summed E-state index contributed by atoms with van der Waals surface area (Å²) in [5, 5.41) is 6.39. The van der Waals surface area contributed by atoms with Crippen molar-refractivity contribution >= 4 is 60.7 Å². The van der Waals surface area contributed by atoms with E-state index >= 15 is 0 Å². The Morgan fingerprint density at radius 1 is 1.26 bits per heavy atom. The number of pyridine rings is 1. The van der Waals surface area contributed by atoms with E-state index < -0.39 is 0 Å². The standard InChI is InChI=1S/C17H27N5OS.3ClH/c1-21-5-7-22(8-6-21)16-3-2-14(11-19-16)12-20-17(23)10-15-13-24-9-4-18-15;;;/h2-3,11,15,18H,4-10,12-13H2,1H3,(H,20,23);3*1H. The van der Waals surface area contributed by atoms with Gasteiger partial charge in [0.15, 0.2) is 0 Å². The fourth-order valence-electron chi connectivity index (χ4n) is 2.99. The van der Waals surface area contributed by atoms with Gasteiger partial charge < -0.3 is 20.4 Å². The molecule has 2 saturated heterocycles. The zero-order valence-electron chi connectivity index (χ0n) is 15.6. The third-order valence-electron chi connectivity index (χ3n) is 4.56. The van der Waals surface area contributed by atoms with E-state index in [1.54, 1.807) is 0 Å². The smallest absolute Gasteiger partial charge is 0.221 e.